The number of carbonyl (C=O) groups excluding carboxylic acids is 2. The van der Waals surface area contributed by atoms with Gasteiger partial charge >= 0.3 is 5.97 Å². The molecule has 0 aliphatic carbocycles. The zero-order chi connectivity index (χ0) is 17.6. The second-order valence-corrected chi connectivity index (χ2v) is 5.84. The topological polar surface area (TPSA) is 73.9 Å². The molecule has 0 radical (unpaired) electrons. The van der Waals surface area contributed by atoms with Crippen LogP contribution in [0.15, 0.2) is 36.4 Å². The Morgan fingerprint density at radius 2 is 1.88 bits per heavy atom. The highest BCUT2D eigenvalue weighted by Crippen LogP contribution is 2.42. The maximum absolute atomic E-state index is 12.4. The molecule has 1 N–H and O–H groups in total. The molecular weight excluding hydrogens is 346 g/mol. The summed E-state index contributed by atoms with van der Waals surface area (Å²) in [5, 5.41) is 3.01. The average Bonchev–Trinajstić information content (AvgIpc) is 3.22. The van der Waals surface area contributed by atoms with E-state index in [9.17, 15) is 9.59 Å². The summed E-state index contributed by atoms with van der Waals surface area (Å²) in [6, 6.07) is 10.0. The smallest absolute Gasteiger partial charge is 0.337 e. The van der Waals surface area contributed by atoms with Gasteiger partial charge in [-0.15, -0.1) is 0 Å². The van der Waals surface area contributed by atoms with Gasteiger partial charge in [0.05, 0.1) is 23.3 Å². The molecule has 2 aliphatic rings. The number of anilines is 1. The van der Waals surface area contributed by atoms with E-state index in [2.05, 4.69) is 5.32 Å². The maximum atomic E-state index is 12.4. The fourth-order valence-electron chi connectivity index (χ4n) is 2.81. The molecule has 6 nitrogen and oxygen atoms in total. The molecule has 4 rings (SSSR count). The number of carbonyl (C=O) groups is 2. The van der Waals surface area contributed by atoms with E-state index in [1.165, 1.54) is 7.11 Å². The number of nitrogens with one attached hydrogen (secondary N) is 1. The van der Waals surface area contributed by atoms with Crippen LogP contribution in [0.2, 0.25) is 0 Å². The van der Waals surface area contributed by atoms with Crippen molar-refractivity contribution in [3.05, 3.63) is 53.1 Å². The third kappa shape index (κ3) is 2.51. The number of esters is 1. The fraction of sp³-hybridized carbons (Fsp3) is 0.111. The molecule has 2 aromatic rings. The molecule has 2 aromatic carbocycles. The van der Waals surface area contributed by atoms with Crippen molar-refractivity contribution in [3.8, 4) is 11.5 Å². The second-order valence-electron chi connectivity index (χ2n) is 5.46. The molecule has 126 valence electrons. The van der Waals surface area contributed by atoms with Crippen LogP contribution in [-0.2, 0) is 9.53 Å². The minimum absolute atomic E-state index is 0.152. The Labute approximate surface area is 147 Å². The second kappa shape index (κ2) is 5.82. The van der Waals surface area contributed by atoms with Crippen molar-refractivity contribution >= 4 is 39.8 Å². The largest absolute Gasteiger partial charge is 0.465 e. The molecule has 0 saturated heterocycles. The number of halogens is 1. The molecule has 0 unspecified atom stereocenters. The molecule has 0 spiro atoms. The highest BCUT2D eigenvalue weighted by molar-refractivity contribution is 6.59. The molecule has 0 bridgehead atoms. The maximum Gasteiger partial charge on any atom is 0.337 e. The van der Waals surface area contributed by atoms with E-state index in [0.29, 0.717) is 39.4 Å². The first-order chi connectivity index (χ1) is 12.1. The van der Waals surface area contributed by atoms with Crippen LogP contribution in [0, 0.1) is 0 Å². The summed E-state index contributed by atoms with van der Waals surface area (Å²) in [7, 11) is 1.30. The van der Waals surface area contributed by atoms with E-state index < -0.39 is 5.97 Å². The van der Waals surface area contributed by atoms with Crippen LogP contribution in [0.4, 0.5) is 5.69 Å². The molecule has 1 amide bonds. The lowest BCUT2D eigenvalue weighted by atomic mass is 10.0. The Balaban J connectivity index is 1.84. The van der Waals surface area contributed by atoms with E-state index in [-0.39, 0.29) is 17.7 Å². The Morgan fingerprint density at radius 3 is 2.68 bits per heavy atom. The lowest BCUT2D eigenvalue weighted by Gasteiger charge is -2.06. The van der Waals surface area contributed by atoms with Gasteiger partial charge in [-0.2, -0.15) is 0 Å². The summed E-state index contributed by atoms with van der Waals surface area (Å²) in [4.78, 5) is 24.2. The van der Waals surface area contributed by atoms with Gasteiger partial charge in [0.25, 0.3) is 5.91 Å². The van der Waals surface area contributed by atoms with Crippen LogP contribution < -0.4 is 14.8 Å². The van der Waals surface area contributed by atoms with Crippen LogP contribution in [0.1, 0.15) is 21.5 Å². The lowest BCUT2D eigenvalue weighted by molar-refractivity contribution is -0.110. The molecule has 25 heavy (non-hydrogen) atoms. The summed E-state index contributed by atoms with van der Waals surface area (Å²) in [6.45, 7) is 0.152. The summed E-state index contributed by atoms with van der Waals surface area (Å²) in [5.74, 6) is 0.376. The molecular formula is C18H12ClNO5. The number of rotatable bonds is 2. The van der Waals surface area contributed by atoms with E-state index in [4.69, 9.17) is 25.8 Å². The van der Waals surface area contributed by atoms with Crippen molar-refractivity contribution in [1.29, 1.82) is 0 Å². The van der Waals surface area contributed by atoms with Crippen LogP contribution in [0.25, 0.3) is 10.6 Å². The normalized spacial score (nSPS) is 16.3. The summed E-state index contributed by atoms with van der Waals surface area (Å²) in [5.41, 5.74) is 2.39. The van der Waals surface area contributed by atoms with Gasteiger partial charge in [0, 0.05) is 11.3 Å². The third-order valence-corrected chi connectivity index (χ3v) is 4.44. The summed E-state index contributed by atoms with van der Waals surface area (Å²) in [6.07, 6.45) is 0. The predicted octanol–water partition coefficient (Wildman–Crippen LogP) is 3.26. The first kappa shape index (κ1) is 15.5. The van der Waals surface area contributed by atoms with Crippen molar-refractivity contribution in [2.45, 2.75) is 0 Å². The van der Waals surface area contributed by atoms with Crippen molar-refractivity contribution in [3.63, 3.8) is 0 Å². The van der Waals surface area contributed by atoms with Crippen LogP contribution in [-0.4, -0.2) is 25.8 Å². The highest BCUT2D eigenvalue weighted by atomic mass is 35.5. The number of methoxy groups -OCH3 is 1. The zero-order valence-corrected chi connectivity index (χ0v) is 13.8. The van der Waals surface area contributed by atoms with Crippen molar-refractivity contribution in [2.75, 3.05) is 19.2 Å². The standard InChI is InChI=1S/C18H12ClNO5/c1-23-18(22)10-2-4-12-11(6-10)15(17(21)20-12)16(19)9-3-5-13-14(7-9)25-8-24-13/h2-7H,8H2,1H3,(H,20,21)/b16-15-. The van der Waals surface area contributed by atoms with Gasteiger partial charge in [0.1, 0.15) is 0 Å². The van der Waals surface area contributed by atoms with Gasteiger partial charge in [-0.3, -0.25) is 4.79 Å². The Bertz CT molecular complexity index is 950. The predicted molar refractivity (Wildman–Crippen MR) is 91.6 cm³/mol. The molecule has 2 heterocycles. The Hall–Kier alpha value is -2.99. The van der Waals surface area contributed by atoms with Crippen molar-refractivity contribution in [1.82, 2.24) is 0 Å². The molecule has 0 fully saturated rings. The summed E-state index contributed by atoms with van der Waals surface area (Å²) < 4.78 is 15.4. The first-order valence-corrected chi connectivity index (χ1v) is 7.80. The number of amides is 1. The van der Waals surface area contributed by atoms with Crippen molar-refractivity contribution in [2.24, 2.45) is 0 Å². The number of benzene rings is 2. The molecule has 2 aliphatic heterocycles. The van der Waals surface area contributed by atoms with E-state index >= 15 is 0 Å². The Kier molecular flexibility index (Phi) is 3.62. The minimum atomic E-state index is -0.485. The molecule has 7 heteroatoms. The molecule has 0 aromatic heterocycles. The van der Waals surface area contributed by atoms with Gasteiger partial charge in [0.2, 0.25) is 6.79 Å². The average molecular weight is 358 g/mol. The van der Waals surface area contributed by atoms with Crippen LogP contribution in [0.3, 0.4) is 0 Å². The van der Waals surface area contributed by atoms with Gasteiger partial charge in [0.15, 0.2) is 11.5 Å². The van der Waals surface area contributed by atoms with Gasteiger partial charge in [-0.05, 0) is 42.0 Å². The number of hydrogen-bond acceptors (Lipinski definition) is 5. The minimum Gasteiger partial charge on any atom is -0.465 e. The van der Waals surface area contributed by atoms with Gasteiger partial charge < -0.3 is 19.5 Å². The third-order valence-electron chi connectivity index (χ3n) is 4.03. The molecule has 0 atom stereocenters. The fourth-order valence-corrected chi connectivity index (χ4v) is 3.11. The number of fused-ring (bicyclic) bond motifs is 2. The van der Waals surface area contributed by atoms with Crippen molar-refractivity contribution < 1.29 is 23.8 Å². The monoisotopic (exact) mass is 357 g/mol. The summed E-state index contributed by atoms with van der Waals surface area (Å²) >= 11 is 6.51. The van der Waals surface area contributed by atoms with Gasteiger partial charge in [-0.25, -0.2) is 4.79 Å². The van der Waals surface area contributed by atoms with E-state index in [1.54, 1.807) is 36.4 Å². The number of ether oxygens (including phenoxy) is 3. The van der Waals surface area contributed by atoms with Crippen LogP contribution in [0.5, 0.6) is 11.5 Å². The number of hydrogen-bond donors (Lipinski definition) is 1. The SMILES string of the molecule is COC(=O)c1ccc2c(c1)/C(=C(/Cl)c1ccc3c(c1)OCO3)C(=O)N2. The van der Waals surface area contributed by atoms with E-state index in [1.807, 2.05) is 0 Å². The van der Waals surface area contributed by atoms with E-state index in [0.717, 1.165) is 0 Å². The van der Waals surface area contributed by atoms with Crippen LogP contribution >= 0.6 is 11.6 Å². The Morgan fingerprint density at radius 1 is 1.12 bits per heavy atom. The highest BCUT2D eigenvalue weighted by Gasteiger charge is 2.29. The zero-order valence-electron chi connectivity index (χ0n) is 13.1. The van der Waals surface area contributed by atoms with Gasteiger partial charge in [-0.1, -0.05) is 11.6 Å². The molecule has 0 saturated carbocycles. The lowest BCUT2D eigenvalue weighted by Crippen LogP contribution is -2.04. The quantitative estimate of drug-likeness (QED) is 0.659. The first-order valence-electron chi connectivity index (χ1n) is 7.42.